The highest BCUT2D eigenvalue weighted by Gasteiger charge is 2.35. The van der Waals surface area contributed by atoms with Crippen LogP contribution >= 0.6 is 11.6 Å². The summed E-state index contributed by atoms with van der Waals surface area (Å²) in [5.74, 6) is 0.700. The Balaban J connectivity index is 3.15. The Kier molecular flexibility index (Phi) is 5.88. The lowest BCUT2D eigenvalue weighted by molar-refractivity contribution is 0.154. The normalized spacial score (nSPS) is 16.7. The van der Waals surface area contributed by atoms with Crippen LogP contribution in [0, 0.1) is 5.92 Å². The Morgan fingerprint density at radius 2 is 1.68 bits per heavy atom. The maximum Gasteiger partial charge on any atom is 0.0406 e. The van der Waals surface area contributed by atoms with E-state index in [1.54, 1.807) is 0 Å². The first-order valence-electron chi connectivity index (χ1n) is 7.23. The lowest BCUT2D eigenvalue weighted by Crippen LogP contribution is -2.46. The fourth-order valence-corrected chi connectivity index (χ4v) is 3.08. The minimum Gasteiger partial charge on any atom is -0.306 e. The van der Waals surface area contributed by atoms with Gasteiger partial charge in [-0.15, -0.1) is 0 Å². The average Bonchev–Trinajstić information content (AvgIpc) is 2.35. The van der Waals surface area contributed by atoms with Crippen molar-refractivity contribution in [2.24, 2.45) is 5.92 Å². The Morgan fingerprint density at radius 3 is 2.05 bits per heavy atom. The summed E-state index contributed by atoms with van der Waals surface area (Å²) >= 11 is 6.02. The SMILES string of the molecule is CCC(C)(c1ccc(Cl)cc1)C(CC(C)C)N(C)C. The first-order valence-corrected chi connectivity index (χ1v) is 7.61. The zero-order valence-corrected chi connectivity index (χ0v) is 14.0. The van der Waals surface area contributed by atoms with Crippen LogP contribution in [0.25, 0.3) is 0 Å². The first-order chi connectivity index (χ1) is 8.81. The summed E-state index contributed by atoms with van der Waals surface area (Å²) in [6.07, 6.45) is 2.34. The predicted octanol–water partition coefficient (Wildman–Crippen LogP) is 4.98. The summed E-state index contributed by atoms with van der Waals surface area (Å²) in [5, 5.41) is 0.812. The fourth-order valence-electron chi connectivity index (χ4n) is 2.95. The molecule has 2 heteroatoms. The summed E-state index contributed by atoms with van der Waals surface area (Å²) in [4.78, 5) is 2.37. The molecule has 0 fully saturated rings. The van der Waals surface area contributed by atoms with Crippen LogP contribution in [-0.4, -0.2) is 25.0 Å². The van der Waals surface area contributed by atoms with E-state index in [1.165, 1.54) is 12.0 Å². The Morgan fingerprint density at radius 1 is 1.16 bits per heavy atom. The van der Waals surface area contributed by atoms with Gasteiger partial charge in [0.1, 0.15) is 0 Å². The molecule has 0 aliphatic heterocycles. The third-order valence-electron chi connectivity index (χ3n) is 4.29. The number of hydrogen-bond donors (Lipinski definition) is 0. The molecule has 2 atom stereocenters. The van der Waals surface area contributed by atoms with Gasteiger partial charge in [0, 0.05) is 16.5 Å². The molecule has 2 unspecified atom stereocenters. The molecule has 0 aliphatic rings. The van der Waals surface area contributed by atoms with Crippen LogP contribution in [0.4, 0.5) is 0 Å². The highest BCUT2D eigenvalue weighted by Crippen LogP contribution is 2.36. The highest BCUT2D eigenvalue weighted by molar-refractivity contribution is 6.30. The molecule has 0 spiro atoms. The molecule has 1 aromatic carbocycles. The van der Waals surface area contributed by atoms with Crippen molar-refractivity contribution < 1.29 is 0 Å². The third kappa shape index (κ3) is 3.97. The molecule has 19 heavy (non-hydrogen) atoms. The molecule has 1 aromatic rings. The van der Waals surface area contributed by atoms with E-state index >= 15 is 0 Å². The second-order valence-electron chi connectivity index (χ2n) is 6.39. The quantitative estimate of drug-likeness (QED) is 0.710. The van der Waals surface area contributed by atoms with Gasteiger partial charge in [0.15, 0.2) is 0 Å². The van der Waals surface area contributed by atoms with Gasteiger partial charge in [0.2, 0.25) is 0 Å². The maximum atomic E-state index is 6.02. The third-order valence-corrected chi connectivity index (χ3v) is 4.54. The molecule has 0 heterocycles. The molecule has 0 saturated heterocycles. The molecular formula is C17H28ClN. The van der Waals surface area contributed by atoms with Gasteiger partial charge in [-0.2, -0.15) is 0 Å². The van der Waals surface area contributed by atoms with E-state index in [0.29, 0.717) is 12.0 Å². The van der Waals surface area contributed by atoms with Crippen molar-refractivity contribution in [3.8, 4) is 0 Å². The topological polar surface area (TPSA) is 3.24 Å². The average molecular weight is 282 g/mol. The second-order valence-corrected chi connectivity index (χ2v) is 6.82. The summed E-state index contributed by atoms with van der Waals surface area (Å²) < 4.78 is 0. The number of nitrogens with zero attached hydrogens (tertiary/aromatic N) is 1. The molecular weight excluding hydrogens is 254 g/mol. The van der Waals surface area contributed by atoms with Crippen molar-refractivity contribution in [1.82, 2.24) is 4.90 Å². The van der Waals surface area contributed by atoms with Gasteiger partial charge in [0.05, 0.1) is 0 Å². The maximum absolute atomic E-state index is 6.02. The van der Waals surface area contributed by atoms with Crippen molar-refractivity contribution in [3.63, 3.8) is 0 Å². The molecule has 0 aromatic heterocycles. The van der Waals surface area contributed by atoms with Crippen LogP contribution in [0.1, 0.15) is 46.1 Å². The predicted molar refractivity (Wildman–Crippen MR) is 86.0 cm³/mol. The molecule has 1 nitrogen and oxygen atoms in total. The van der Waals surface area contributed by atoms with Crippen LogP contribution < -0.4 is 0 Å². The van der Waals surface area contributed by atoms with Crippen molar-refractivity contribution in [1.29, 1.82) is 0 Å². The fraction of sp³-hybridized carbons (Fsp3) is 0.647. The van der Waals surface area contributed by atoms with Crippen molar-refractivity contribution in [2.45, 2.75) is 52.0 Å². The smallest absolute Gasteiger partial charge is 0.0406 e. The van der Waals surface area contributed by atoms with Gasteiger partial charge in [-0.3, -0.25) is 0 Å². The van der Waals surface area contributed by atoms with Gasteiger partial charge >= 0.3 is 0 Å². The Labute approximate surface area is 124 Å². The van der Waals surface area contributed by atoms with Gasteiger partial charge < -0.3 is 4.90 Å². The molecule has 0 aliphatic carbocycles. The number of rotatable bonds is 6. The molecule has 0 N–H and O–H groups in total. The van der Waals surface area contributed by atoms with Crippen molar-refractivity contribution in [3.05, 3.63) is 34.9 Å². The van der Waals surface area contributed by atoms with Crippen molar-refractivity contribution >= 4 is 11.6 Å². The van der Waals surface area contributed by atoms with Crippen LogP contribution in [0.3, 0.4) is 0 Å². The van der Waals surface area contributed by atoms with E-state index in [0.717, 1.165) is 11.4 Å². The Hall–Kier alpha value is -0.530. The van der Waals surface area contributed by atoms with Crippen LogP contribution in [-0.2, 0) is 5.41 Å². The molecule has 0 saturated carbocycles. The van der Waals surface area contributed by atoms with E-state index in [9.17, 15) is 0 Å². The lowest BCUT2D eigenvalue weighted by atomic mass is 9.71. The minimum absolute atomic E-state index is 0.165. The number of halogens is 1. The molecule has 0 bridgehead atoms. The summed E-state index contributed by atoms with van der Waals surface area (Å²) in [5.41, 5.74) is 1.55. The lowest BCUT2D eigenvalue weighted by Gasteiger charge is -2.42. The van der Waals surface area contributed by atoms with Gasteiger partial charge in [-0.25, -0.2) is 0 Å². The first kappa shape index (κ1) is 16.5. The van der Waals surface area contributed by atoms with Gasteiger partial charge in [0.25, 0.3) is 0 Å². The molecule has 0 amide bonds. The number of hydrogen-bond acceptors (Lipinski definition) is 1. The van der Waals surface area contributed by atoms with E-state index in [2.05, 4.69) is 58.8 Å². The van der Waals surface area contributed by atoms with Crippen LogP contribution in [0.15, 0.2) is 24.3 Å². The molecule has 108 valence electrons. The summed E-state index contributed by atoms with van der Waals surface area (Å²) in [6.45, 7) is 9.26. The Bertz CT molecular complexity index is 383. The second kappa shape index (κ2) is 6.76. The summed E-state index contributed by atoms with van der Waals surface area (Å²) in [7, 11) is 4.38. The van der Waals surface area contributed by atoms with E-state index in [-0.39, 0.29) is 5.41 Å². The molecule has 0 radical (unpaired) electrons. The zero-order valence-electron chi connectivity index (χ0n) is 13.2. The van der Waals surface area contributed by atoms with E-state index in [1.807, 2.05) is 12.1 Å². The number of likely N-dealkylation sites (N-methyl/N-ethyl adjacent to an activating group) is 1. The zero-order chi connectivity index (χ0) is 14.6. The van der Waals surface area contributed by atoms with Gasteiger partial charge in [-0.1, -0.05) is 51.4 Å². The monoisotopic (exact) mass is 281 g/mol. The standard InChI is InChI=1S/C17H28ClN/c1-7-17(4,14-8-10-15(18)11-9-14)16(19(5)6)12-13(2)3/h8-11,13,16H,7,12H2,1-6H3. The van der Waals surface area contributed by atoms with Crippen LogP contribution in [0.5, 0.6) is 0 Å². The summed E-state index contributed by atoms with van der Waals surface area (Å²) in [6, 6.07) is 8.92. The van der Waals surface area contributed by atoms with Gasteiger partial charge in [-0.05, 0) is 50.6 Å². The van der Waals surface area contributed by atoms with E-state index in [4.69, 9.17) is 11.6 Å². The highest BCUT2D eigenvalue weighted by atomic mass is 35.5. The van der Waals surface area contributed by atoms with E-state index < -0.39 is 0 Å². The van der Waals surface area contributed by atoms with Crippen molar-refractivity contribution in [2.75, 3.05) is 14.1 Å². The van der Waals surface area contributed by atoms with Crippen LogP contribution in [0.2, 0.25) is 5.02 Å². The number of benzene rings is 1. The minimum atomic E-state index is 0.165. The largest absolute Gasteiger partial charge is 0.306 e. The molecule has 1 rings (SSSR count).